The second-order valence-electron chi connectivity index (χ2n) is 5.02. The van der Waals surface area contributed by atoms with Gasteiger partial charge in [-0.25, -0.2) is 0 Å². The Hall–Kier alpha value is -1.55. The molecule has 2 aliphatic heterocycles. The largest absolute Gasteiger partial charge is 0.379 e. The fourth-order valence-electron chi connectivity index (χ4n) is 2.70. The topological polar surface area (TPSA) is 41.6 Å². The number of carbonyl (C=O) groups excluding carboxylic acids is 1. The molecule has 4 heteroatoms. The molecule has 2 atom stereocenters. The van der Waals surface area contributed by atoms with Gasteiger partial charge in [-0.1, -0.05) is 18.2 Å². The fourth-order valence-corrected chi connectivity index (χ4v) is 2.70. The molecule has 0 radical (unpaired) electrons. The maximum absolute atomic E-state index is 12.4. The summed E-state index contributed by atoms with van der Waals surface area (Å²) >= 11 is 0. The molecule has 0 spiro atoms. The highest BCUT2D eigenvalue weighted by Crippen LogP contribution is 2.26. The molecular formula is C14H18N2O2. The first-order valence-corrected chi connectivity index (χ1v) is 6.44. The number of amides is 1. The second kappa shape index (κ2) is 4.61. The minimum Gasteiger partial charge on any atom is -0.379 e. The lowest BCUT2D eigenvalue weighted by molar-refractivity contribution is -0.132. The molecule has 2 heterocycles. The van der Waals surface area contributed by atoms with E-state index in [2.05, 4.69) is 11.4 Å². The minimum absolute atomic E-state index is 0.118. The van der Waals surface area contributed by atoms with Crippen LogP contribution in [0.15, 0.2) is 24.3 Å². The monoisotopic (exact) mass is 246 g/mol. The van der Waals surface area contributed by atoms with E-state index in [1.54, 1.807) is 0 Å². The van der Waals surface area contributed by atoms with Crippen molar-refractivity contribution in [1.82, 2.24) is 4.90 Å². The number of para-hydroxylation sites is 1. The highest BCUT2D eigenvalue weighted by Gasteiger charge is 2.32. The van der Waals surface area contributed by atoms with Crippen molar-refractivity contribution in [3.63, 3.8) is 0 Å². The standard InChI is InChI=1S/C14H18N2O2/c1-16(11-6-7-18-9-11)14(17)13-8-10-4-2-3-5-12(10)15-13/h2-5,11,13,15H,6-9H2,1H3/t11?,13-/m0/s1. The summed E-state index contributed by atoms with van der Waals surface area (Å²) in [5, 5.41) is 3.31. The number of rotatable bonds is 2. The van der Waals surface area contributed by atoms with Crippen LogP contribution in [0.1, 0.15) is 12.0 Å². The predicted octanol–water partition coefficient (Wildman–Crippen LogP) is 1.27. The third-order valence-corrected chi connectivity index (χ3v) is 3.87. The summed E-state index contributed by atoms with van der Waals surface area (Å²) in [6, 6.07) is 8.24. The zero-order valence-corrected chi connectivity index (χ0v) is 10.6. The van der Waals surface area contributed by atoms with E-state index in [0.717, 1.165) is 25.1 Å². The van der Waals surface area contributed by atoms with Crippen LogP contribution in [0, 0.1) is 0 Å². The Labute approximate surface area is 107 Å². The van der Waals surface area contributed by atoms with Gasteiger partial charge in [-0.15, -0.1) is 0 Å². The molecule has 3 rings (SSSR count). The van der Waals surface area contributed by atoms with E-state index in [-0.39, 0.29) is 18.0 Å². The van der Waals surface area contributed by atoms with Crippen LogP contribution in [0.3, 0.4) is 0 Å². The van der Waals surface area contributed by atoms with Gasteiger partial charge < -0.3 is 15.0 Å². The Bertz CT molecular complexity index is 430. The molecule has 1 amide bonds. The van der Waals surface area contributed by atoms with E-state index >= 15 is 0 Å². The van der Waals surface area contributed by atoms with Gasteiger partial charge >= 0.3 is 0 Å². The average molecular weight is 246 g/mol. The average Bonchev–Trinajstić information content (AvgIpc) is 3.05. The molecule has 1 unspecified atom stereocenters. The molecule has 0 aliphatic carbocycles. The van der Waals surface area contributed by atoms with Gasteiger partial charge in [0.25, 0.3) is 0 Å². The van der Waals surface area contributed by atoms with E-state index in [1.807, 2.05) is 30.1 Å². The quantitative estimate of drug-likeness (QED) is 0.854. The molecule has 1 saturated heterocycles. The first-order chi connectivity index (χ1) is 8.75. The summed E-state index contributed by atoms with van der Waals surface area (Å²) in [5.41, 5.74) is 2.32. The zero-order valence-electron chi connectivity index (χ0n) is 10.6. The molecule has 1 N–H and O–H groups in total. The SMILES string of the molecule is CN(C(=O)[C@@H]1Cc2ccccc2N1)C1CCOC1. The number of nitrogens with zero attached hydrogens (tertiary/aromatic N) is 1. The lowest BCUT2D eigenvalue weighted by atomic mass is 10.1. The number of benzene rings is 1. The van der Waals surface area contributed by atoms with E-state index in [9.17, 15) is 4.79 Å². The zero-order chi connectivity index (χ0) is 12.5. The van der Waals surface area contributed by atoms with Crippen LogP contribution in [-0.2, 0) is 16.0 Å². The van der Waals surface area contributed by atoms with Crippen molar-refractivity contribution in [2.75, 3.05) is 25.6 Å². The van der Waals surface area contributed by atoms with Crippen molar-refractivity contribution in [3.05, 3.63) is 29.8 Å². The smallest absolute Gasteiger partial charge is 0.245 e. The number of ether oxygens (including phenoxy) is 1. The molecule has 96 valence electrons. The van der Waals surface area contributed by atoms with Gasteiger partial charge in [0, 0.05) is 25.8 Å². The molecule has 0 saturated carbocycles. The van der Waals surface area contributed by atoms with E-state index in [0.29, 0.717) is 6.61 Å². The van der Waals surface area contributed by atoms with Crippen LogP contribution in [0.2, 0.25) is 0 Å². The Morgan fingerprint density at radius 2 is 2.28 bits per heavy atom. The van der Waals surface area contributed by atoms with Crippen molar-refractivity contribution in [1.29, 1.82) is 0 Å². The number of fused-ring (bicyclic) bond motifs is 1. The Balaban J connectivity index is 1.68. The van der Waals surface area contributed by atoms with Gasteiger partial charge in [0.05, 0.1) is 12.6 Å². The van der Waals surface area contributed by atoms with Crippen molar-refractivity contribution in [2.24, 2.45) is 0 Å². The maximum Gasteiger partial charge on any atom is 0.245 e. The minimum atomic E-state index is -0.118. The lowest BCUT2D eigenvalue weighted by Crippen LogP contribution is -2.45. The van der Waals surface area contributed by atoms with Gasteiger partial charge in [0.15, 0.2) is 0 Å². The number of hydrogen-bond acceptors (Lipinski definition) is 3. The van der Waals surface area contributed by atoms with Gasteiger partial charge in [0.1, 0.15) is 6.04 Å². The van der Waals surface area contributed by atoms with Crippen LogP contribution < -0.4 is 5.32 Å². The second-order valence-corrected chi connectivity index (χ2v) is 5.02. The molecule has 0 bridgehead atoms. The van der Waals surface area contributed by atoms with Gasteiger partial charge in [-0.2, -0.15) is 0 Å². The van der Waals surface area contributed by atoms with Crippen molar-refractivity contribution in [2.45, 2.75) is 24.9 Å². The highest BCUT2D eigenvalue weighted by atomic mass is 16.5. The Morgan fingerprint density at radius 1 is 1.44 bits per heavy atom. The van der Waals surface area contributed by atoms with Crippen LogP contribution >= 0.6 is 0 Å². The molecule has 1 fully saturated rings. The van der Waals surface area contributed by atoms with Crippen LogP contribution in [0.5, 0.6) is 0 Å². The number of hydrogen-bond donors (Lipinski definition) is 1. The molecule has 2 aliphatic rings. The van der Waals surface area contributed by atoms with Crippen LogP contribution in [0.25, 0.3) is 0 Å². The molecule has 4 nitrogen and oxygen atoms in total. The van der Waals surface area contributed by atoms with Crippen molar-refractivity contribution >= 4 is 11.6 Å². The summed E-state index contributed by atoms with van der Waals surface area (Å²) < 4.78 is 5.34. The first-order valence-electron chi connectivity index (χ1n) is 6.44. The molecule has 1 aromatic carbocycles. The summed E-state index contributed by atoms with van der Waals surface area (Å²) in [6.45, 7) is 1.43. The summed E-state index contributed by atoms with van der Waals surface area (Å²) in [7, 11) is 1.88. The van der Waals surface area contributed by atoms with Crippen LogP contribution in [0.4, 0.5) is 5.69 Å². The third kappa shape index (κ3) is 1.97. The maximum atomic E-state index is 12.4. The third-order valence-electron chi connectivity index (χ3n) is 3.87. The van der Waals surface area contributed by atoms with Gasteiger partial charge in [-0.3, -0.25) is 4.79 Å². The summed E-state index contributed by atoms with van der Waals surface area (Å²) in [6.07, 6.45) is 1.73. The molecular weight excluding hydrogens is 228 g/mol. The normalized spacial score (nSPS) is 25.6. The highest BCUT2D eigenvalue weighted by molar-refractivity contribution is 5.87. The molecule has 0 aromatic heterocycles. The van der Waals surface area contributed by atoms with Crippen LogP contribution in [-0.4, -0.2) is 43.2 Å². The van der Waals surface area contributed by atoms with Crippen molar-refractivity contribution < 1.29 is 9.53 Å². The first kappa shape index (κ1) is 11.5. The molecule has 18 heavy (non-hydrogen) atoms. The number of anilines is 1. The molecule has 1 aromatic rings. The Morgan fingerprint density at radius 3 is 3.00 bits per heavy atom. The van der Waals surface area contributed by atoms with Crippen molar-refractivity contribution in [3.8, 4) is 0 Å². The van der Waals surface area contributed by atoms with E-state index < -0.39 is 0 Å². The van der Waals surface area contributed by atoms with E-state index in [1.165, 1.54) is 5.56 Å². The number of nitrogens with one attached hydrogen (secondary N) is 1. The van der Waals surface area contributed by atoms with E-state index in [4.69, 9.17) is 4.74 Å². The fraction of sp³-hybridized carbons (Fsp3) is 0.500. The lowest BCUT2D eigenvalue weighted by Gasteiger charge is -2.26. The summed E-state index contributed by atoms with van der Waals surface area (Å²) in [5.74, 6) is 0.168. The summed E-state index contributed by atoms with van der Waals surface area (Å²) in [4.78, 5) is 14.3. The predicted molar refractivity (Wildman–Crippen MR) is 69.6 cm³/mol. The Kier molecular flexibility index (Phi) is 2.96. The number of carbonyl (C=O) groups is 1. The number of likely N-dealkylation sites (N-methyl/N-ethyl adjacent to an activating group) is 1. The van der Waals surface area contributed by atoms with Gasteiger partial charge in [0.2, 0.25) is 5.91 Å². The van der Waals surface area contributed by atoms with Gasteiger partial charge in [-0.05, 0) is 18.1 Å².